The molecule has 92 valence electrons. The second-order valence-corrected chi connectivity index (χ2v) is 5.21. The van der Waals surface area contributed by atoms with Crippen molar-refractivity contribution in [3.8, 4) is 6.07 Å². The van der Waals surface area contributed by atoms with Crippen LogP contribution >= 0.6 is 0 Å². The van der Waals surface area contributed by atoms with E-state index >= 15 is 0 Å². The third-order valence-electron chi connectivity index (χ3n) is 4.07. The van der Waals surface area contributed by atoms with Gasteiger partial charge in [0.25, 0.3) is 0 Å². The topological polar surface area (TPSA) is 53.2 Å². The highest BCUT2D eigenvalue weighted by atomic mass is 16.5. The Balaban J connectivity index is 2.97. The molecular formula is C13H23NO2. The second-order valence-electron chi connectivity index (χ2n) is 5.21. The number of methoxy groups -OCH3 is 1. The third-order valence-corrected chi connectivity index (χ3v) is 4.07. The van der Waals surface area contributed by atoms with E-state index in [0.717, 1.165) is 25.7 Å². The van der Waals surface area contributed by atoms with Crippen molar-refractivity contribution < 1.29 is 9.84 Å². The molecule has 3 nitrogen and oxygen atoms in total. The standard InChI is InChI=1S/C13H23NO2/c1-4-13(15,10-16-3)12(9-14)7-5-6-11(2)8-12/h11,15H,4-8,10H2,1-3H3. The zero-order valence-electron chi connectivity index (χ0n) is 10.6. The highest BCUT2D eigenvalue weighted by Crippen LogP contribution is 2.48. The van der Waals surface area contributed by atoms with Crippen molar-refractivity contribution in [2.45, 2.75) is 51.6 Å². The Labute approximate surface area is 98.4 Å². The predicted molar refractivity (Wildman–Crippen MR) is 62.8 cm³/mol. The molecule has 1 saturated carbocycles. The van der Waals surface area contributed by atoms with Crippen LogP contribution in [0.15, 0.2) is 0 Å². The van der Waals surface area contributed by atoms with Crippen LogP contribution < -0.4 is 0 Å². The Morgan fingerprint density at radius 1 is 1.62 bits per heavy atom. The maximum atomic E-state index is 10.7. The molecule has 0 aromatic heterocycles. The molecule has 1 fully saturated rings. The van der Waals surface area contributed by atoms with Crippen LogP contribution in [-0.4, -0.2) is 24.4 Å². The molecule has 0 amide bonds. The summed E-state index contributed by atoms with van der Waals surface area (Å²) in [7, 11) is 1.58. The molecule has 1 aliphatic rings. The summed E-state index contributed by atoms with van der Waals surface area (Å²) in [4.78, 5) is 0. The summed E-state index contributed by atoms with van der Waals surface area (Å²) < 4.78 is 5.11. The molecule has 0 saturated heterocycles. The van der Waals surface area contributed by atoms with Gasteiger partial charge in [0, 0.05) is 7.11 Å². The smallest absolute Gasteiger partial charge is 0.106 e. The molecule has 0 spiro atoms. The van der Waals surface area contributed by atoms with Crippen LogP contribution in [-0.2, 0) is 4.74 Å². The molecule has 3 heteroatoms. The molecule has 1 N–H and O–H groups in total. The summed E-state index contributed by atoms with van der Waals surface area (Å²) in [5.41, 5.74) is -1.61. The quantitative estimate of drug-likeness (QED) is 0.799. The minimum atomic E-state index is -0.995. The van der Waals surface area contributed by atoms with Gasteiger partial charge in [-0.1, -0.05) is 26.7 Å². The summed E-state index contributed by atoms with van der Waals surface area (Å²) in [6.07, 6.45) is 4.34. The SMILES string of the molecule is CCC(O)(COC)C1(C#N)CCCC(C)C1. The summed E-state index contributed by atoms with van der Waals surface area (Å²) in [6.45, 7) is 4.34. The summed E-state index contributed by atoms with van der Waals surface area (Å²) in [6, 6.07) is 2.39. The molecule has 0 aliphatic heterocycles. The molecule has 0 heterocycles. The normalized spacial score (nSPS) is 34.1. The average Bonchev–Trinajstić information content (AvgIpc) is 2.29. The van der Waals surface area contributed by atoms with Crippen LogP contribution in [0.25, 0.3) is 0 Å². The number of nitrogens with zero attached hydrogens (tertiary/aromatic N) is 1. The maximum absolute atomic E-state index is 10.7. The highest BCUT2D eigenvalue weighted by molar-refractivity contribution is 5.13. The van der Waals surface area contributed by atoms with Gasteiger partial charge in [0.15, 0.2) is 0 Å². The first-order valence-electron chi connectivity index (χ1n) is 6.16. The number of hydrogen-bond donors (Lipinski definition) is 1. The lowest BCUT2D eigenvalue weighted by atomic mass is 9.61. The van der Waals surface area contributed by atoms with Crippen LogP contribution in [0.1, 0.15) is 46.0 Å². The van der Waals surface area contributed by atoms with Gasteiger partial charge >= 0.3 is 0 Å². The Kier molecular flexibility index (Phi) is 4.35. The van der Waals surface area contributed by atoms with Crippen LogP contribution in [0.5, 0.6) is 0 Å². The van der Waals surface area contributed by atoms with Gasteiger partial charge in [-0.3, -0.25) is 0 Å². The van der Waals surface area contributed by atoms with Crippen molar-refractivity contribution in [1.29, 1.82) is 5.26 Å². The fourth-order valence-corrected chi connectivity index (χ4v) is 3.00. The van der Waals surface area contributed by atoms with Gasteiger partial charge < -0.3 is 9.84 Å². The van der Waals surface area contributed by atoms with Gasteiger partial charge in [0.05, 0.1) is 18.1 Å². The van der Waals surface area contributed by atoms with E-state index in [4.69, 9.17) is 4.74 Å². The Morgan fingerprint density at radius 2 is 2.31 bits per heavy atom. The Bertz CT molecular complexity index is 274. The van der Waals surface area contributed by atoms with Crippen LogP contribution in [0.2, 0.25) is 0 Å². The van der Waals surface area contributed by atoms with E-state index in [-0.39, 0.29) is 6.61 Å². The monoisotopic (exact) mass is 225 g/mol. The van der Waals surface area contributed by atoms with Crippen molar-refractivity contribution in [1.82, 2.24) is 0 Å². The Morgan fingerprint density at radius 3 is 2.75 bits per heavy atom. The third kappa shape index (κ3) is 2.23. The molecule has 16 heavy (non-hydrogen) atoms. The van der Waals surface area contributed by atoms with E-state index in [0.29, 0.717) is 12.3 Å². The molecule has 1 aliphatic carbocycles. The molecule has 0 bridgehead atoms. The number of ether oxygens (including phenoxy) is 1. The van der Waals surface area contributed by atoms with E-state index in [9.17, 15) is 10.4 Å². The van der Waals surface area contributed by atoms with E-state index in [1.807, 2.05) is 6.92 Å². The minimum absolute atomic E-state index is 0.254. The van der Waals surface area contributed by atoms with Crippen LogP contribution in [0.4, 0.5) is 0 Å². The molecule has 1 rings (SSSR count). The van der Waals surface area contributed by atoms with Crippen LogP contribution in [0.3, 0.4) is 0 Å². The average molecular weight is 225 g/mol. The molecular weight excluding hydrogens is 202 g/mol. The van der Waals surface area contributed by atoms with E-state index in [1.54, 1.807) is 7.11 Å². The van der Waals surface area contributed by atoms with Gasteiger partial charge in [-0.05, 0) is 25.2 Å². The Hall–Kier alpha value is -0.590. The molecule has 3 atom stereocenters. The van der Waals surface area contributed by atoms with Gasteiger partial charge in [-0.2, -0.15) is 5.26 Å². The lowest BCUT2D eigenvalue weighted by Gasteiger charge is -2.46. The zero-order valence-corrected chi connectivity index (χ0v) is 10.6. The van der Waals surface area contributed by atoms with Crippen molar-refractivity contribution in [2.75, 3.05) is 13.7 Å². The summed E-state index contributed by atoms with van der Waals surface area (Å²) in [5, 5.41) is 20.2. The lowest BCUT2D eigenvalue weighted by molar-refractivity contribution is -0.122. The first kappa shape index (κ1) is 13.5. The fraction of sp³-hybridized carbons (Fsp3) is 0.923. The van der Waals surface area contributed by atoms with Gasteiger partial charge in [0.2, 0.25) is 0 Å². The second kappa shape index (κ2) is 5.16. The largest absolute Gasteiger partial charge is 0.386 e. The predicted octanol–water partition coefficient (Wildman–Crippen LogP) is 2.49. The zero-order chi connectivity index (χ0) is 12.2. The first-order chi connectivity index (χ1) is 7.53. The van der Waals surface area contributed by atoms with Crippen molar-refractivity contribution in [3.05, 3.63) is 0 Å². The molecule has 0 radical (unpaired) electrons. The molecule has 0 aromatic rings. The number of hydrogen-bond acceptors (Lipinski definition) is 3. The first-order valence-corrected chi connectivity index (χ1v) is 6.16. The minimum Gasteiger partial charge on any atom is -0.386 e. The van der Waals surface area contributed by atoms with E-state index < -0.39 is 11.0 Å². The van der Waals surface area contributed by atoms with Crippen molar-refractivity contribution in [2.24, 2.45) is 11.3 Å². The van der Waals surface area contributed by atoms with Gasteiger partial charge in [-0.25, -0.2) is 0 Å². The molecule has 0 aromatic carbocycles. The lowest BCUT2D eigenvalue weighted by Crippen LogP contribution is -2.52. The van der Waals surface area contributed by atoms with Gasteiger partial charge in [0.1, 0.15) is 5.60 Å². The highest BCUT2D eigenvalue weighted by Gasteiger charge is 2.51. The van der Waals surface area contributed by atoms with E-state index in [2.05, 4.69) is 13.0 Å². The van der Waals surface area contributed by atoms with Gasteiger partial charge in [-0.15, -0.1) is 0 Å². The number of rotatable bonds is 4. The number of aliphatic hydroxyl groups is 1. The fourth-order valence-electron chi connectivity index (χ4n) is 3.00. The molecule has 3 unspecified atom stereocenters. The maximum Gasteiger partial charge on any atom is 0.106 e. The number of nitriles is 1. The van der Waals surface area contributed by atoms with Crippen molar-refractivity contribution >= 4 is 0 Å². The van der Waals surface area contributed by atoms with Crippen LogP contribution in [0, 0.1) is 22.7 Å². The summed E-state index contributed by atoms with van der Waals surface area (Å²) in [5.74, 6) is 0.517. The van der Waals surface area contributed by atoms with E-state index in [1.165, 1.54) is 0 Å². The van der Waals surface area contributed by atoms with Crippen molar-refractivity contribution in [3.63, 3.8) is 0 Å². The summed E-state index contributed by atoms with van der Waals surface area (Å²) >= 11 is 0.